The summed E-state index contributed by atoms with van der Waals surface area (Å²) in [7, 11) is 0. The fourth-order valence-electron chi connectivity index (χ4n) is 3.60. The summed E-state index contributed by atoms with van der Waals surface area (Å²) in [4.78, 5) is 17.9. The lowest BCUT2D eigenvalue weighted by Gasteiger charge is -2.37. The maximum absolute atomic E-state index is 11.3. The summed E-state index contributed by atoms with van der Waals surface area (Å²) in [5, 5.41) is 6.62. The molecule has 1 aliphatic rings. The standard InChI is InChI=1S/C20H27N3OS/c1-15(2)23(14-24)18-10-8-16(9-11-18)12-21-20-22-19(13-25-20)17-6-4-3-5-7-17/h3-7,13-16,18H,8-12H2,1-2H3,(H,21,22)/t16-,18-. The van der Waals surface area contributed by atoms with E-state index in [-0.39, 0.29) is 0 Å². The van der Waals surface area contributed by atoms with E-state index in [1.54, 1.807) is 11.3 Å². The van der Waals surface area contributed by atoms with Gasteiger partial charge in [0.05, 0.1) is 5.69 Å². The third-order valence-corrected chi connectivity index (χ3v) is 5.87. The van der Waals surface area contributed by atoms with Gasteiger partial charge >= 0.3 is 0 Å². The molecular formula is C20H27N3OS. The Balaban J connectivity index is 1.48. The van der Waals surface area contributed by atoms with Gasteiger partial charge in [-0.25, -0.2) is 4.98 Å². The van der Waals surface area contributed by atoms with Crippen molar-refractivity contribution in [3.8, 4) is 11.3 Å². The van der Waals surface area contributed by atoms with E-state index in [1.165, 1.54) is 12.8 Å². The van der Waals surface area contributed by atoms with Gasteiger partial charge in [0.2, 0.25) is 6.41 Å². The second-order valence-corrected chi connectivity index (χ2v) is 7.96. The Morgan fingerprint density at radius 2 is 1.96 bits per heavy atom. The molecule has 3 rings (SSSR count). The number of hydrogen-bond donors (Lipinski definition) is 1. The van der Waals surface area contributed by atoms with Gasteiger partial charge in [-0.2, -0.15) is 0 Å². The van der Waals surface area contributed by atoms with Crippen LogP contribution in [-0.2, 0) is 4.79 Å². The molecule has 1 aromatic heterocycles. The van der Waals surface area contributed by atoms with Crippen LogP contribution in [0.5, 0.6) is 0 Å². The van der Waals surface area contributed by atoms with E-state index in [1.807, 2.05) is 23.1 Å². The molecule has 2 aromatic rings. The molecule has 0 radical (unpaired) electrons. The Hall–Kier alpha value is -1.88. The first-order valence-electron chi connectivity index (χ1n) is 9.15. The normalized spacial score (nSPS) is 20.4. The number of thiazole rings is 1. The largest absolute Gasteiger partial charge is 0.361 e. The van der Waals surface area contributed by atoms with E-state index < -0.39 is 0 Å². The summed E-state index contributed by atoms with van der Waals surface area (Å²) in [6, 6.07) is 11.0. The van der Waals surface area contributed by atoms with Gasteiger partial charge in [-0.3, -0.25) is 4.79 Å². The van der Waals surface area contributed by atoms with Crippen LogP contribution in [0.2, 0.25) is 0 Å². The zero-order chi connectivity index (χ0) is 17.6. The van der Waals surface area contributed by atoms with Gasteiger partial charge < -0.3 is 10.2 Å². The first-order valence-corrected chi connectivity index (χ1v) is 10.0. The first-order chi connectivity index (χ1) is 12.2. The summed E-state index contributed by atoms with van der Waals surface area (Å²) < 4.78 is 0. The lowest BCUT2D eigenvalue weighted by molar-refractivity contribution is -0.122. The number of nitrogens with one attached hydrogen (secondary N) is 1. The fraction of sp³-hybridized carbons (Fsp3) is 0.500. The molecule has 1 saturated carbocycles. The Bertz CT molecular complexity index is 663. The molecule has 1 heterocycles. The molecular weight excluding hydrogens is 330 g/mol. The van der Waals surface area contributed by atoms with E-state index in [0.29, 0.717) is 18.0 Å². The highest BCUT2D eigenvalue weighted by Crippen LogP contribution is 2.29. The zero-order valence-corrected chi connectivity index (χ0v) is 15.8. The number of benzene rings is 1. The summed E-state index contributed by atoms with van der Waals surface area (Å²) in [6.07, 6.45) is 5.58. The number of nitrogens with zero attached hydrogens (tertiary/aromatic N) is 2. The third kappa shape index (κ3) is 4.60. The molecule has 1 N–H and O–H groups in total. The summed E-state index contributed by atoms with van der Waals surface area (Å²) in [5.74, 6) is 0.668. The zero-order valence-electron chi connectivity index (χ0n) is 15.0. The minimum atomic E-state index is 0.295. The van der Waals surface area contributed by atoms with Crippen molar-refractivity contribution >= 4 is 22.9 Å². The van der Waals surface area contributed by atoms with Crippen molar-refractivity contribution in [2.24, 2.45) is 5.92 Å². The summed E-state index contributed by atoms with van der Waals surface area (Å²) in [6.45, 7) is 5.15. The predicted molar refractivity (Wildman–Crippen MR) is 105 cm³/mol. The number of carbonyl (C=O) groups excluding carboxylic acids is 1. The van der Waals surface area contributed by atoms with Gasteiger partial charge in [-0.1, -0.05) is 30.3 Å². The minimum Gasteiger partial charge on any atom is -0.361 e. The number of anilines is 1. The molecule has 1 aliphatic carbocycles. The van der Waals surface area contributed by atoms with Crippen LogP contribution < -0.4 is 5.32 Å². The van der Waals surface area contributed by atoms with Crippen molar-refractivity contribution in [3.05, 3.63) is 35.7 Å². The fourth-order valence-corrected chi connectivity index (χ4v) is 4.33. The molecule has 0 bridgehead atoms. The molecule has 0 aliphatic heterocycles. The average Bonchev–Trinajstić information content (AvgIpc) is 3.11. The van der Waals surface area contributed by atoms with Gasteiger partial charge in [0, 0.05) is 29.6 Å². The van der Waals surface area contributed by atoms with Crippen LogP contribution in [0.4, 0.5) is 5.13 Å². The van der Waals surface area contributed by atoms with Crippen molar-refractivity contribution in [1.82, 2.24) is 9.88 Å². The van der Waals surface area contributed by atoms with Crippen molar-refractivity contribution in [3.63, 3.8) is 0 Å². The third-order valence-electron chi connectivity index (χ3n) is 5.07. The van der Waals surface area contributed by atoms with E-state index in [9.17, 15) is 4.79 Å². The van der Waals surface area contributed by atoms with E-state index in [0.717, 1.165) is 42.2 Å². The highest BCUT2D eigenvalue weighted by Gasteiger charge is 2.26. The van der Waals surface area contributed by atoms with E-state index in [2.05, 4.69) is 36.7 Å². The van der Waals surface area contributed by atoms with Crippen molar-refractivity contribution in [1.29, 1.82) is 0 Å². The monoisotopic (exact) mass is 357 g/mol. The average molecular weight is 358 g/mol. The lowest BCUT2D eigenvalue weighted by Crippen LogP contribution is -2.42. The van der Waals surface area contributed by atoms with E-state index >= 15 is 0 Å². The quantitative estimate of drug-likeness (QED) is 0.734. The highest BCUT2D eigenvalue weighted by molar-refractivity contribution is 7.14. The van der Waals surface area contributed by atoms with Crippen molar-refractivity contribution < 1.29 is 4.79 Å². The molecule has 0 atom stereocenters. The Labute approximate surface area is 154 Å². The maximum Gasteiger partial charge on any atom is 0.210 e. The molecule has 25 heavy (non-hydrogen) atoms. The maximum atomic E-state index is 11.3. The molecule has 0 spiro atoms. The Morgan fingerprint density at radius 1 is 1.24 bits per heavy atom. The minimum absolute atomic E-state index is 0.295. The van der Waals surface area contributed by atoms with Gasteiger partial charge in [0.15, 0.2) is 5.13 Å². The van der Waals surface area contributed by atoms with Crippen LogP contribution in [0.25, 0.3) is 11.3 Å². The van der Waals surface area contributed by atoms with Gasteiger partial charge in [0.1, 0.15) is 0 Å². The molecule has 0 unspecified atom stereocenters. The van der Waals surface area contributed by atoms with Crippen LogP contribution in [0, 0.1) is 5.92 Å². The second-order valence-electron chi connectivity index (χ2n) is 7.11. The number of rotatable bonds is 7. The summed E-state index contributed by atoms with van der Waals surface area (Å²) >= 11 is 1.67. The summed E-state index contributed by atoms with van der Waals surface area (Å²) in [5.41, 5.74) is 2.20. The van der Waals surface area contributed by atoms with Crippen molar-refractivity contribution in [2.45, 2.75) is 51.6 Å². The topological polar surface area (TPSA) is 45.2 Å². The number of carbonyl (C=O) groups is 1. The Kier molecular flexibility index (Phi) is 6.08. The molecule has 4 nitrogen and oxygen atoms in total. The number of amides is 1. The van der Waals surface area contributed by atoms with Crippen LogP contribution in [0.15, 0.2) is 35.7 Å². The first kappa shape index (κ1) is 17.9. The molecule has 0 saturated heterocycles. The van der Waals surface area contributed by atoms with Crippen molar-refractivity contribution in [2.75, 3.05) is 11.9 Å². The van der Waals surface area contributed by atoms with Crippen LogP contribution >= 0.6 is 11.3 Å². The number of aromatic nitrogens is 1. The molecule has 1 aromatic carbocycles. The predicted octanol–water partition coefficient (Wildman–Crippen LogP) is 4.65. The number of hydrogen-bond acceptors (Lipinski definition) is 4. The van der Waals surface area contributed by atoms with E-state index in [4.69, 9.17) is 4.98 Å². The van der Waals surface area contributed by atoms with Crippen LogP contribution in [0.3, 0.4) is 0 Å². The van der Waals surface area contributed by atoms with Gasteiger partial charge in [-0.05, 0) is 45.4 Å². The Morgan fingerprint density at radius 3 is 2.60 bits per heavy atom. The molecule has 134 valence electrons. The SMILES string of the molecule is CC(C)N(C=O)[C@H]1CC[C@H](CNc2nc(-c3ccccc3)cs2)CC1. The lowest BCUT2D eigenvalue weighted by atomic mass is 9.85. The van der Waals surface area contributed by atoms with Crippen LogP contribution in [0.1, 0.15) is 39.5 Å². The molecule has 1 fully saturated rings. The van der Waals surface area contributed by atoms with Gasteiger partial charge in [-0.15, -0.1) is 11.3 Å². The molecule has 1 amide bonds. The van der Waals surface area contributed by atoms with Crippen LogP contribution in [-0.4, -0.2) is 34.9 Å². The second kappa shape index (κ2) is 8.48. The highest BCUT2D eigenvalue weighted by atomic mass is 32.1. The molecule has 5 heteroatoms. The smallest absolute Gasteiger partial charge is 0.210 e. The van der Waals surface area contributed by atoms with Gasteiger partial charge in [0.25, 0.3) is 0 Å².